The van der Waals surface area contributed by atoms with Crippen LogP contribution in [0.3, 0.4) is 0 Å². The lowest BCUT2D eigenvalue weighted by Crippen LogP contribution is -2.31. The van der Waals surface area contributed by atoms with Crippen molar-refractivity contribution in [1.29, 1.82) is 0 Å². The van der Waals surface area contributed by atoms with Gasteiger partial charge in [-0.3, -0.25) is 9.59 Å². The third kappa shape index (κ3) is 10.6. The number of rotatable bonds is 6. The van der Waals surface area contributed by atoms with Gasteiger partial charge in [-0.1, -0.05) is 6.08 Å². The van der Waals surface area contributed by atoms with E-state index in [1.807, 2.05) is 0 Å². The standard InChI is InChI=1S/C15H24O6/c1-10(19-11(2)16)13(20-12(3)17)8-7-9-14(18)21-15(4,5)6/h7,9-10,13H,8H2,1-6H3/b9-7+/t10-,13+/m1/s1. The summed E-state index contributed by atoms with van der Waals surface area (Å²) in [6.07, 6.45) is 1.79. The minimum Gasteiger partial charge on any atom is -0.459 e. The maximum Gasteiger partial charge on any atom is 0.330 e. The molecule has 0 bridgehead atoms. The minimum absolute atomic E-state index is 0.243. The zero-order valence-corrected chi connectivity index (χ0v) is 13.5. The maximum absolute atomic E-state index is 11.5. The summed E-state index contributed by atoms with van der Waals surface area (Å²) in [5.41, 5.74) is -0.568. The molecule has 2 atom stereocenters. The molecule has 0 unspecified atom stereocenters. The third-order valence-electron chi connectivity index (χ3n) is 2.22. The number of ether oxygens (including phenoxy) is 3. The van der Waals surface area contributed by atoms with Gasteiger partial charge in [0, 0.05) is 26.3 Å². The molecule has 120 valence electrons. The Bertz CT molecular complexity index is 405. The van der Waals surface area contributed by atoms with Crippen LogP contribution in [-0.2, 0) is 28.6 Å². The molecular weight excluding hydrogens is 276 g/mol. The molecule has 21 heavy (non-hydrogen) atoms. The van der Waals surface area contributed by atoms with E-state index in [1.54, 1.807) is 27.7 Å². The van der Waals surface area contributed by atoms with Gasteiger partial charge < -0.3 is 14.2 Å². The summed E-state index contributed by atoms with van der Waals surface area (Å²) in [4.78, 5) is 33.5. The fourth-order valence-corrected chi connectivity index (χ4v) is 1.52. The Hall–Kier alpha value is -1.85. The van der Waals surface area contributed by atoms with Gasteiger partial charge in [-0.25, -0.2) is 4.79 Å². The Morgan fingerprint density at radius 3 is 2.00 bits per heavy atom. The molecule has 0 aromatic rings. The average molecular weight is 300 g/mol. The van der Waals surface area contributed by atoms with E-state index in [-0.39, 0.29) is 6.42 Å². The van der Waals surface area contributed by atoms with Crippen molar-refractivity contribution in [3.8, 4) is 0 Å². The summed E-state index contributed by atoms with van der Waals surface area (Å²) in [5, 5.41) is 0. The van der Waals surface area contributed by atoms with Crippen molar-refractivity contribution in [2.75, 3.05) is 0 Å². The fraction of sp³-hybridized carbons (Fsp3) is 0.667. The first-order valence-corrected chi connectivity index (χ1v) is 6.75. The molecule has 0 saturated carbocycles. The summed E-state index contributed by atoms with van der Waals surface area (Å²) in [6, 6.07) is 0. The topological polar surface area (TPSA) is 78.9 Å². The second-order valence-corrected chi connectivity index (χ2v) is 5.63. The molecule has 6 nitrogen and oxygen atoms in total. The van der Waals surface area contributed by atoms with Crippen LogP contribution < -0.4 is 0 Å². The molecule has 0 radical (unpaired) electrons. The first kappa shape index (κ1) is 19.1. The molecule has 0 aliphatic heterocycles. The van der Waals surface area contributed by atoms with Gasteiger partial charge in [-0.15, -0.1) is 0 Å². The molecule has 0 aliphatic carbocycles. The van der Waals surface area contributed by atoms with Gasteiger partial charge in [-0.2, -0.15) is 0 Å². The van der Waals surface area contributed by atoms with Crippen LogP contribution in [0.15, 0.2) is 12.2 Å². The number of carbonyl (C=O) groups is 3. The summed E-state index contributed by atoms with van der Waals surface area (Å²) in [6.45, 7) is 9.47. The van der Waals surface area contributed by atoms with E-state index in [0.29, 0.717) is 0 Å². The van der Waals surface area contributed by atoms with Gasteiger partial charge in [0.1, 0.15) is 17.8 Å². The highest BCUT2D eigenvalue weighted by Crippen LogP contribution is 2.11. The first-order valence-electron chi connectivity index (χ1n) is 6.75. The van der Waals surface area contributed by atoms with Crippen LogP contribution in [0.4, 0.5) is 0 Å². The lowest BCUT2D eigenvalue weighted by molar-refractivity contribution is -0.163. The Balaban J connectivity index is 4.57. The van der Waals surface area contributed by atoms with Gasteiger partial charge in [0.05, 0.1) is 0 Å². The smallest absolute Gasteiger partial charge is 0.330 e. The molecule has 0 saturated heterocycles. The van der Waals surface area contributed by atoms with E-state index in [2.05, 4.69) is 0 Å². The predicted molar refractivity (Wildman–Crippen MR) is 76.4 cm³/mol. The van der Waals surface area contributed by atoms with Crippen LogP contribution >= 0.6 is 0 Å². The number of carbonyl (C=O) groups excluding carboxylic acids is 3. The number of hydrogen-bond donors (Lipinski definition) is 0. The normalized spacial score (nSPS) is 14.4. The van der Waals surface area contributed by atoms with Crippen LogP contribution in [-0.4, -0.2) is 35.7 Å². The monoisotopic (exact) mass is 300 g/mol. The Kier molecular flexibility index (Phi) is 7.70. The second-order valence-electron chi connectivity index (χ2n) is 5.63. The summed E-state index contributed by atoms with van der Waals surface area (Å²) in [5.74, 6) is -1.43. The van der Waals surface area contributed by atoms with Gasteiger partial charge >= 0.3 is 17.9 Å². The summed E-state index contributed by atoms with van der Waals surface area (Å²) >= 11 is 0. The van der Waals surface area contributed by atoms with Crippen molar-refractivity contribution in [1.82, 2.24) is 0 Å². The van der Waals surface area contributed by atoms with Gasteiger partial charge in [-0.05, 0) is 27.7 Å². The Morgan fingerprint density at radius 2 is 1.57 bits per heavy atom. The Morgan fingerprint density at radius 1 is 1.05 bits per heavy atom. The second kappa shape index (κ2) is 8.44. The number of esters is 3. The zero-order valence-electron chi connectivity index (χ0n) is 13.5. The number of hydrogen-bond acceptors (Lipinski definition) is 6. The van der Waals surface area contributed by atoms with Gasteiger partial charge in [0.2, 0.25) is 0 Å². The zero-order chi connectivity index (χ0) is 16.6. The largest absolute Gasteiger partial charge is 0.459 e. The van der Waals surface area contributed by atoms with Gasteiger partial charge in [0.15, 0.2) is 0 Å². The molecule has 6 heteroatoms. The van der Waals surface area contributed by atoms with E-state index in [1.165, 1.54) is 26.0 Å². The molecule has 0 amide bonds. The highest BCUT2D eigenvalue weighted by molar-refractivity contribution is 5.82. The van der Waals surface area contributed by atoms with Gasteiger partial charge in [0.25, 0.3) is 0 Å². The maximum atomic E-state index is 11.5. The minimum atomic E-state index is -0.648. The van der Waals surface area contributed by atoms with Crippen LogP contribution in [0.2, 0.25) is 0 Å². The van der Waals surface area contributed by atoms with E-state index in [9.17, 15) is 14.4 Å². The summed E-state index contributed by atoms with van der Waals surface area (Å²) in [7, 11) is 0. The molecule has 0 spiro atoms. The quantitative estimate of drug-likeness (QED) is 0.425. The van der Waals surface area contributed by atoms with Crippen molar-refractivity contribution >= 4 is 17.9 Å². The van der Waals surface area contributed by atoms with Crippen molar-refractivity contribution < 1.29 is 28.6 Å². The molecular formula is C15H24O6. The Labute approximate surface area is 125 Å². The summed E-state index contributed by atoms with van der Waals surface area (Å²) < 4.78 is 15.2. The van der Waals surface area contributed by atoms with E-state index in [4.69, 9.17) is 14.2 Å². The SMILES string of the molecule is CC(=O)O[C@@H](C/C=C/C(=O)OC(C)(C)C)[C@@H](C)OC(C)=O. The molecule has 0 aliphatic rings. The predicted octanol–water partition coefficient (Wildman–Crippen LogP) is 2.16. The highest BCUT2D eigenvalue weighted by atomic mass is 16.6. The molecule has 0 aromatic carbocycles. The average Bonchev–Trinajstić information content (AvgIpc) is 2.23. The van der Waals surface area contributed by atoms with Crippen molar-refractivity contribution in [2.24, 2.45) is 0 Å². The lowest BCUT2D eigenvalue weighted by atomic mass is 10.1. The third-order valence-corrected chi connectivity index (χ3v) is 2.22. The lowest BCUT2D eigenvalue weighted by Gasteiger charge is -2.22. The molecule has 0 N–H and O–H groups in total. The molecule has 0 heterocycles. The van der Waals surface area contributed by atoms with Crippen molar-refractivity contribution in [2.45, 2.75) is 65.8 Å². The fourth-order valence-electron chi connectivity index (χ4n) is 1.52. The van der Waals surface area contributed by atoms with E-state index in [0.717, 1.165) is 0 Å². The van der Waals surface area contributed by atoms with E-state index >= 15 is 0 Å². The van der Waals surface area contributed by atoms with Crippen LogP contribution in [0.5, 0.6) is 0 Å². The van der Waals surface area contributed by atoms with E-state index < -0.39 is 35.7 Å². The van der Waals surface area contributed by atoms with Crippen LogP contribution in [0, 0.1) is 0 Å². The van der Waals surface area contributed by atoms with Crippen molar-refractivity contribution in [3.05, 3.63) is 12.2 Å². The molecule has 0 aromatic heterocycles. The van der Waals surface area contributed by atoms with Crippen molar-refractivity contribution in [3.63, 3.8) is 0 Å². The molecule has 0 rings (SSSR count). The van der Waals surface area contributed by atoms with Crippen LogP contribution in [0.25, 0.3) is 0 Å². The molecule has 0 fully saturated rings. The highest BCUT2D eigenvalue weighted by Gasteiger charge is 2.22. The first-order chi connectivity index (χ1) is 9.51. The van der Waals surface area contributed by atoms with Crippen LogP contribution in [0.1, 0.15) is 48.0 Å².